The average molecular weight is 1480 g/mol. The van der Waals surface area contributed by atoms with Crippen LogP contribution in [0.4, 0.5) is 0 Å². The van der Waals surface area contributed by atoms with E-state index in [1.807, 2.05) is 0 Å². The smallest absolute Gasteiger partial charge is 0.336 e. The zero-order valence-corrected chi connectivity index (χ0v) is 59.8. The van der Waals surface area contributed by atoms with Crippen molar-refractivity contribution in [1.29, 1.82) is 0 Å². The van der Waals surface area contributed by atoms with Crippen LogP contribution in [0.3, 0.4) is 0 Å². The SMILES string of the molecule is CSc1ccc(C2(O)CCC3(CC2CN(C)C)SCCc2c3[nH]c3ccccc23)cc1.CSc1ccc(C2(O)CCC3(CC2CN(C)C)SCCc2c3[nH]c3ccccc23)cc1.O=C(O)CC(O)(CC(=O)O)C(=O)O.O=C(O)CC(O)(CC(=O)O)C(=O)O.O=C(O)CC(O)(CC(=O)O)C(=O)O. The molecule has 6 atom stereocenters. The predicted molar refractivity (Wildman–Crippen MR) is 380 cm³/mol. The molecule has 10 rings (SSSR count). The van der Waals surface area contributed by atoms with Gasteiger partial charge in [0.15, 0.2) is 16.8 Å². The van der Waals surface area contributed by atoms with Gasteiger partial charge in [-0.15, -0.1) is 47.0 Å². The molecule has 2 spiro atoms. The third-order valence-corrected chi connectivity index (χ3v) is 23.1. The number of fused-ring (bicyclic) bond motifs is 8. The van der Waals surface area contributed by atoms with Gasteiger partial charge in [-0.3, -0.25) is 28.8 Å². The van der Waals surface area contributed by atoms with E-state index in [-0.39, 0.29) is 21.3 Å². The lowest BCUT2D eigenvalue weighted by atomic mass is 9.66. The predicted octanol–water partition coefficient (Wildman–Crippen LogP) is 7.50. The highest BCUT2D eigenvalue weighted by Crippen LogP contribution is 2.60. The molecule has 101 heavy (non-hydrogen) atoms. The highest BCUT2D eigenvalue weighted by Gasteiger charge is 2.55. The summed E-state index contributed by atoms with van der Waals surface area (Å²) in [6, 6.07) is 34.7. The largest absolute Gasteiger partial charge is 0.481 e. The Bertz CT molecular complexity index is 3610. The van der Waals surface area contributed by atoms with E-state index in [0.29, 0.717) is 0 Å². The number of benzene rings is 4. The first kappa shape index (κ1) is 82.3. The molecule has 0 bridgehead atoms. The van der Waals surface area contributed by atoms with Crippen LogP contribution in [0.1, 0.15) is 111 Å². The van der Waals surface area contributed by atoms with Gasteiger partial charge in [0.25, 0.3) is 0 Å². The van der Waals surface area contributed by atoms with Crippen molar-refractivity contribution in [1.82, 2.24) is 19.8 Å². The molecule has 4 heterocycles. The van der Waals surface area contributed by atoms with E-state index in [9.17, 15) is 53.4 Å². The lowest BCUT2D eigenvalue weighted by Gasteiger charge is -2.51. The number of hydrogen-bond acceptors (Lipinski definition) is 20. The number of aryl methyl sites for hydroxylation is 2. The molecule has 31 heteroatoms. The molecule has 4 aliphatic rings. The number of aliphatic hydroxyl groups is 5. The van der Waals surface area contributed by atoms with Crippen molar-refractivity contribution in [3.05, 3.63) is 131 Å². The van der Waals surface area contributed by atoms with Crippen LogP contribution < -0.4 is 0 Å². The molecule has 2 aliphatic carbocycles. The zero-order valence-electron chi connectivity index (χ0n) is 56.6. The van der Waals surface area contributed by atoms with E-state index in [2.05, 4.69) is 181 Å². The maximum absolute atomic E-state index is 12.1. The van der Waals surface area contributed by atoms with E-state index < -0.39 is 120 Å². The van der Waals surface area contributed by atoms with E-state index in [0.717, 1.165) is 87.1 Å². The fourth-order valence-electron chi connectivity index (χ4n) is 13.8. The van der Waals surface area contributed by atoms with Crippen LogP contribution in [0.25, 0.3) is 21.8 Å². The van der Waals surface area contributed by atoms with Crippen molar-refractivity contribution in [3.63, 3.8) is 0 Å². The van der Waals surface area contributed by atoms with Gasteiger partial charge in [0.05, 0.1) is 59.2 Å². The fourth-order valence-corrected chi connectivity index (χ4v) is 17.7. The summed E-state index contributed by atoms with van der Waals surface area (Å²) in [7, 11) is 8.50. The highest BCUT2D eigenvalue weighted by molar-refractivity contribution is 8.00. The summed E-state index contributed by atoms with van der Waals surface area (Å²) >= 11 is 7.72. The summed E-state index contributed by atoms with van der Waals surface area (Å²) in [6.45, 7) is 1.78. The Balaban J connectivity index is 0.000000213. The minimum absolute atomic E-state index is 0.0682. The van der Waals surface area contributed by atoms with Gasteiger partial charge in [-0.2, -0.15) is 0 Å². The number of hydrogen-bond donors (Lipinski definition) is 16. The first-order valence-corrected chi connectivity index (χ1v) is 36.3. The van der Waals surface area contributed by atoms with Crippen molar-refractivity contribution in [2.45, 2.75) is 137 Å². The lowest BCUT2D eigenvalue weighted by molar-refractivity contribution is -0.170. The summed E-state index contributed by atoms with van der Waals surface area (Å²) in [4.78, 5) is 106. The van der Waals surface area contributed by atoms with E-state index in [1.165, 1.54) is 54.1 Å². The molecule has 4 aromatic carbocycles. The maximum atomic E-state index is 12.1. The number of aliphatic carboxylic acids is 9. The molecule has 0 amide bonds. The molecular formula is C70H88N4O23S4. The summed E-state index contributed by atoms with van der Waals surface area (Å²) in [5.41, 5.74) is 0.746. The van der Waals surface area contributed by atoms with Gasteiger partial charge in [0.1, 0.15) is 0 Å². The van der Waals surface area contributed by atoms with Gasteiger partial charge in [-0.05, 0) is 162 Å². The number of carbonyl (C=O) groups is 9. The molecule has 16 N–H and O–H groups in total. The van der Waals surface area contributed by atoms with Crippen LogP contribution in [0.2, 0.25) is 0 Å². The Morgan fingerprint density at radius 1 is 0.446 bits per heavy atom. The van der Waals surface area contributed by atoms with Gasteiger partial charge in [0.2, 0.25) is 0 Å². The fraction of sp³-hybridized carbons (Fsp3) is 0.471. The van der Waals surface area contributed by atoms with Crippen molar-refractivity contribution >= 4 is 123 Å². The normalized spacial score (nSPS) is 21.6. The third-order valence-electron chi connectivity index (χ3n) is 18.5. The maximum Gasteiger partial charge on any atom is 0.336 e. The van der Waals surface area contributed by atoms with Crippen molar-refractivity contribution in [3.8, 4) is 0 Å². The Morgan fingerprint density at radius 3 is 0.970 bits per heavy atom. The number of nitrogens with one attached hydrogen (secondary N) is 2. The van der Waals surface area contributed by atoms with Gasteiger partial charge >= 0.3 is 53.7 Å². The van der Waals surface area contributed by atoms with Gasteiger partial charge in [-0.1, -0.05) is 60.7 Å². The Labute approximate surface area is 598 Å². The number of thioether (sulfide) groups is 4. The minimum atomic E-state index is -2.74. The Morgan fingerprint density at radius 2 is 0.723 bits per heavy atom. The monoisotopic (exact) mass is 1480 g/mol. The second kappa shape index (κ2) is 34.5. The third kappa shape index (κ3) is 20.4. The number of rotatable bonds is 23. The first-order valence-electron chi connectivity index (χ1n) is 31.9. The molecule has 6 aromatic rings. The molecule has 6 unspecified atom stereocenters. The molecule has 2 fully saturated rings. The quantitative estimate of drug-likeness (QED) is 0.0276. The van der Waals surface area contributed by atoms with Crippen molar-refractivity contribution in [2.24, 2.45) is 11.8 Å². The van der Waals surface area contributed by atoms with Crippen LogP contribution in [0.15, 0.2) is 107 Å². The van der Waals surface area contributed by atoms with Crippen molar-refractivity contribution in [2.75, 3.05) is 65.3 Å². The molecule has 550 valence electrons. The van der Waals surface area contributed by atoms with E-state index >= 15 is 0 Å². The summed E-state index contributed by atoms with van der Waals surface area (Å²) < 4.78 is 0.136. The average Bonchev–Trinajstić information content (AvgIpc) is 1.69. The number of aromatic amines is 2. The van der Waals surface area contributed by atoms with Gasteiger partial charge in [0, 0.05) is 67.9 Å². The Hall–Kier alpha value is -7.69. The zero-order chi connectivity index (χ0) is 75.2. The molecule has 27 nitrogen and oxygen atoms in total. The lowest BCUT2D eigenvalue weighted by Crippen LogP contribution is -2.49. The molecule has 0 radical (unpaired) electrons. The summed E-state index contributed by atoms with van der Waals surface area (Å²) in [5, 5.41) is 128. The number of H-pyrrole nitrogens is 2. The number of carboxylic acid groups (broad SMARTS) is 9. The number of para-hydroxylation sites is 2. The van der Waals surface area contributed by atoms with Crippen molar-refractivity contribution < 1.29 is 115 Å². The molecule has 0 saturated heterocycles. The number of aromatic nitrogens is 2. The number of carboxylic acids is 9. The highest BCUT2D eigenvalue weighted by atomic mass is 32.2. The molecular weight excluding hydrogens is 1390 g/mol. The van der Waals surface area contributed by atoms with Gasteiger partial charge in [-0.25, -0.2) is 14.4 Å². The minimum Gasteiger partial charge on any atom is -0.481 e. The van der Waals surface area contributed by atoms with Crippen LogP contribution >= 0.6 is 47.0 Å². The standard InChI is InChI=1S/2C26H32N2OS2.3C6H8O7/c2*1-28(2)17-19-16-25(13-14-26(19,29)18-8-10-20(30-3)11-9-18)24-22(12-15-31-25)21-6-4-5-7-23(21)27-24;3*7-3(8)1-6(13,5(11)12)2-4(9)10/h2*4-11,19,27,29H,12-17H2,1-3H3;3*13H,1-2H2,(H,7,8)(H,9,10)(H,11,12). The Kier molecular flexibility index (Phi) is 28.1. The van der Waals surface area contributed by atoms with Crippen LogP contribution in [0, 0.1) is 11.8 Å². The summed E-state index contributed by atoms with van der Waals surface area (Å²) in [6.07, 6.45) is 5.18. The van der Waals surface area contributed by atoms with E-state index in [1.54, 1.807) is 23.5 Å². The van der Waals surface area contributed by atoms with E-state index in [4.69, 9.17) is 61.3 Å². The topological polar surface area (TPSA) is 475 Å². The first-order chi connectivity index (χ1) is 47.2. The summed E-state index contributed by atoms with van der Waals surface area (Å²) in [5.74, 6) is -12.4. The second-order valence-electron chi connectivity index (χ2n) is 26.3. The van der Waals surface area contributed by atoms with Crippen LogP contribution in [-0.4, -0.2) is 227 Å². The van der Waals surface area contributed by atoms with Crippen LogP contribution in [0.5, 0.6) is 0 Å². The molecule has 2 aliphatic heterocycles. The molecule has 2 saturated carbocycles. The second-order valence-corrected chi connectivity index (χ2v) is 31.0. The van der Waals surface area contributed by atoms with Crippen LogP contribution in [-0.2, 0) is 76.7 Å². The molecule has 2 aromatic heterocycles. The van der Waals surface area contributed by atoms with Gasteiger partial charge < -0.3 is 91.3 Å². The number of nitrogens with zero attached hydrogens (tertiary/aromatic N) is 2.